The monoisotopic (exact) mass is 939 g/mol. The summed E-state index contributed by atoms with van der Waals surface area (Å²) in [5.74, 6) is -0.879. The van der Waals surface area contributed by atoms with E-state index in [1.54, 1.807) is 0 Å². The van der Waals surface area contributed by atoms with Crippen LogP contribution in [0, 0.1) is 0 Å². The van der Waals surface area contributed by atoms with E-state index in [1.165, 1.54) is 173 Å². The van der Waals surface area contributed by atoms with E-state index >= 15 is 0 Å². The van der Waals surface area contributed by atoms with Crippen molar-refractivity contribution in [3.05, 3.63) is 48.6 Å². The van der Waals surface area contributed by atoms with Gasteiger partial charge in [0.1, 0.15) is 13.2 Å². The van der Waals surface area contributed by atoms with Gasteiger partial charge in [-0.1, -0.05) is 256 Å². The van der Waals surface area contributed by atoms with E-state index in [0.29, 0.717) is 19.3 Å². The molecule has 0 aromatic rings. The molecule has 67 heavy (non-hydrogen) atoms. The molecule has 0 N–H and O–H groups in total. The van der Waals surface area contributed by atoms with Crippen LogP contribution in [0.3, 0.4) is 0 Å². The SMILES string of the molecule is CC/C=C\C/C=C\C/C=C\CCCCCCCCC(=O)OC(COC(=O)CCCCCCCCC/C=C\CCCCCC)COC(=O)CCCCCCCCCCCCCCCCCCCC. The van der Waals surface area contributed by atoms with Crippen molar-refractivity contribution in [1.82, 2.24) is 0 Å². The van der Waals surface area contributed by atoms with Crippen LogP contribution in [0.5, 0.6) is 0 Å². The summed E-state index contributed by atoms with van der Waals surface area (Å²) in [6, 6.07) is 0. The average Bonchev–Trinajstić information content (AvgIpc) is 3.33. The van der Waals surface area contributed by atoms with Gasteiger partial charge in [0.25, 0.3) is 0 Å². The van der Waals surface area contributed by atoms with Gasteiger partial charge in [-0.05, 0) is 77.0 Å². The molecular formula is C61H110O6. The maximum Gasteiger partial charge on any atom is 0.306 e. The third kappa shape index (κ3) is 54.2. The van der Waals surface area contributed by atoms with Crippen LogP contribution in [0.2, 0.25) is 0 Å². The summed E-state index contributed by atoms with van der Waals surface area (Å²) in [4.78, 5) is 38.2. The predicted octanol–water partition coefficient (Wildman–Crippen LogP) is 19.4. The van der Waals surface area contributed by atoms with Crippen molar-refractivity contribution in [3.8, 4) is 0 Å². The molecule has 0 aromatic carbocycles. The zero-order valence-electron chi connectivity index (χ0n) is 44.7. The number of carbonyl (C=O) groups excluding carboxylic acids is 3. The summed E-state index contributed by atoms with van der Waals surface area (Å²) in [5, 5.41) is 0. The third-order valence-corrected chi connectivity index (χ3v) is 12.8. The van der Waals surface area contributed by atoms with E-state index in [0.717, 1.165) is 89.9 Å². The topological polar surface area (TPSA) is 78.9 Å². The van der Waals surface area contributed by atoms with Crippen molar-refractivity contribution in [2.75, 3.05) is 13.2 Å². The van der Waals surface area contributed by atoms with Gasteiger partial charge >= 0.3 is 17.9 Å². The highest BCUT2D eigenvalue weighted by molar-refractivity contribution is 5.71. The lowest BCUT2D eigenvalue weighted by molar-refractivity contribution is -0.167. The normalized spacial score (nSPS) is 12.3. The van der Waals surface area contributed by atoms with Gasteiger partial charge in [0.2, 0.25) is 0 Å². The average molecular weight is 940 g/mol. The Kier molecular flexibility index (Phi) is 53.8. The van der Waals surface area contributed by atoms with E-state index in [4.69, 9.17) is 14.2 Å². The van der Waals surface area contributed by atoms with Gasteiger partial charge in [0.15, 0.2) is 6.10 Å². The minimum Gasteiger partial charge on any atom is -0.462 e. The molecular weight excluding hydrogens is 829 g/mol. The molecule has 0 radical (unpaired) electrons. The third-order valence-electron chi connectivity index (χ3n) is 12.8. The quantitative estimate of drug-likeness (QED) is 0.0262. The van der Waals surface area contributed by atoms with Crippen LogP contribution in [0.25, 0.3) is 0 Å². The molecule has 0 amide bonds. The molecule has 6 heteroatoms. The fourth-order valence-electron chi connectivity index (χ4n) is 8.45. The van der Waals surface area contributed by atoms with E-state index in [2.05, 4.69) is 69.4 Å². The summed E-state index contributed by atoms with van der Waals surface area (Å²) in [7, 11) is 0. The number of unbranched alkanes of at least 4 members (excludes halogenated alkanes) is 34. The number of ether oxygens (including phenoxy) is 3. The first-order chi connectivity index (χ1) is 33.0. The molecule has 0 fully saturated rings. The Labute approximate surface area is 416 Å². The fraction of sp³-hybridized carbons (Fsp3) is 0.820. The molecule has 390 valence electrons. The van der Waals surface area contributed by atoms with E-state index in [9.17, 15) is 14.4 Å². The largest absolute Gasteiger partial charge is 0.462 e. The zero-order chi connectivity index (χ0) is 48.6. The van der Waals surface area contributed by atoms with Gasteiger partial charge < -0.3 is 14.2 Å². The Morgan fingerprint density at radius 2 is 0.582 bits per heavy atom. The van der Waals surface area contributed by atoms with Crippen molar-refractivity contribution < 1.29 is 28.6 Å². The van der Waals surface area contributed by atoms with Gasteiger partial charge in [0.05, 0.1) is 0 Å². The summed E-state index contributed by atoms with van der Waals surface area (Å²) >= 11 is 0. The second-order valence-electron chi connectivity index (χ2n) is 19.5. The van der Waals surface area contributed by atoms with Crippen molar-refractivity contribution in [1.29, 1.82) is 0 Å². The van der Waals surface area contributed by atoms with Gasteiger partial charge in [-0.25, -0.2) is 0 Å². The molecule has 0 aliphatic carbocycles. The standard InChI is InChI=1S/C61H110O6/c1-4-7-10-13-16-19-22-25-28-30-31-34-36-39-42-45-48-51-54-60(63)66-57-58(56-65-59(62)53-50-47-44-41-38-35-32-27-24-21-18-15-12-9-6-3)67-61(64)55-52-49-46-43-40-37-33-29-26-23-20-17-14-11-8-5-2/h8,11,17,20-21,24,26,29,58H,4-7,9-10,12-16,18-19,22-23,25,27-28,30-57H2,1-3H3/b11-8-,20-17-,24-21-,29-26-. The number of hydrogen-bond donors (Lipinski definition) is 0. The lowest BCUT2D eigenvalue weighted by atomic mass is 10.0. The molecule has 0 aliphatic rings. The van der Waals surface area contributed by atoms with Crippen LogP contribution < -0.4 is 0 Å². The van der Waals surface area contributed by atoms with Crippen LogP contribution in [0.4, 0.5) is 0 Å². The van der Waals surface area contributed by atoms with E-state index < -0.39 is 6.10 Å². The summed E-state index contributed by atoms with van der Waals surface area (Å²) < 4.78 is 16.9. The molecule has 0 aromatic heterocycles. The highest BCUT2D eigenvalue weighted by Gasteiger charge is 2.19. The predicted molar refractivity (Wildman–Crippen MR) is 289 cm³/mol. The van der Waals surface area contributed by atoms with Gasteiger partial charge in [-0.15, -0.1) is 0 Å². The second-order valence-corrected chi connectivity index (χ2v) is 19.5. The van der Waals surface area contributed by atoms with Gasteiger partial charge in [0, 0.05) is 19.3 Å². The first kappa shape index (κ1) is 64.4. The molecule has 0 rings (SSSR count). The maximum atomic E-state index is 12.9. The Hall–Kier alpha value is -2.63. The molecule has 0 aliphatic heterocycles. The van der Waals surface area contributed by atoms with Gasteiger partial charge in [-0.3, -0.25) is 14.4 Å². The van der Waals surface area contributed by atoms with Crippen LogP contribution in [0.1, 0.15) is 303 Å². The molecule has 0 heterocycles. The summed E-state index contributed by atoms with van der Waals surface area (Å²) in [6.07, 6.45) is 68.1. The Morgan fingerprint density at radius 3 is 0.940 bits per heavy atom. The summed E-state index contributed by atoms with van der Waals surface area (Å²) in [6.45, 7) is 6.54. The van der Waals surface area contributed by atoms with Crippen molar-refractivity contribution in [2.24, 2.45) is 0 Å². The Bertz CT molecular complexity index is 1170. The van der Waals surface area contributed by atoms with E-state index in [-0.39, 0.29) is 31.1 Å². The highest BCUT2D eigenvalue weighted by atomic mass is 16.6. The minimum absolute atomic E-state index is 0.0767. The van der Waals surface area contributed by atoms with Gasteiger partial charge in [-0.2, -0.15) is 0 Å². The molecule has 6 nitrogen and oxygen atoms in total. The number of carbonyl (C=O) groups is 3. The van der Waals surface area contributed by atoms with Crippen LogP contribution in [0.15, 0.2) is 48.6 Å². The molecule has 0 saturated carbocycles. The second kappa shape index (κ2) is 56.0. The lowest BCUT2D eigenvalue weighted by Gasteiger charge is -2.18. The maximum absolute atomic E-state index is 12.9. The number of allylic oxidation sites excluding steroid dienone is 8. The first-order valence-electron chi connectivity index (χ1n) is 29.1. The molecule has 1 atom stereocenters. The minimum atomic E-state index is -0.780. The number of rotatable bonds is 53. The first-order valence-corrected chi connectivity index (χ1v) is 29.1. The van der Waals surface area contributed by atoms with Crippen molar-refractivity contribution >= 4 is 17.9 Å². The Balaban J connectivity index is 4.36. The van der Waals surface area contributed by atoms with E-state index in [1.807, 2.05) is 0 Å². The van der Waals surface area contributed by atoms with Crippen LogP contribution in [-0.4, -0.2) is 37.2 Å². The number of esters is 3. The fourth-order valence-corrected chi connectivity index (χ4v) is 8.45. The smallest absolute Gasteiger partial charge is 0.306 e. The highest BCUT2D eigenvalue weighted by Crippen LogP contribution is 2.16. The molecule has 0 bridgehead atoms. The summed E-state index contributed by atoms with van der Waals surface area (Å²) in [5.41, 5.74) is 0. The van der Waals surface area contributed by atoms with Crippen LogP contribution in [-0.2, 0) is 28.6 Å². The molecule has 1 unspecified atom stereocenters. The Morgan fingerprint density at radius 1 is 0.313 bits per heavy atom. The number of hydrogen-bond acceptors (Lipinski definition) is 6. The molecule has 0 saturated heterocycles. The lowest BCUT2D eigenvalue weighted by Crippen LogP contribution is -2.30. The van der Waals surface area contributed by atoms with Crippen molar-refractivity contribution in [2.45, 2.75) is 309 Å². The van der Waals surface area contributed by atoms with Crippen molar-refractivity contribution in [3.63, 3.8) is 0 Å². The zero-order valence-corrected chi connectivity index (χ0v) is 44.7. The van der Waals surface area contributed by atoms with Crippen LogP contribution >= 0.6 is 0 Å². The molecule has 0 spiro atoms.